The Labute approximate surface area is 95.9 Å². The summed E-state index contributed by atoms with van der Waals surface area (Å²) in [5, 5.41) is 15.0. The molecule has 5 nitrogen and oxygen atoms in total. The van der Waals surface area contributed by atoms with Gasteiger partial charge in [-0.05, 0) is 12.1 Å². The average Bonchev–Trinajstić information content (AvgIpc) is 2.77. The fourth-order valence-electron chi connectivity index (χ4n) is 1.48. The van der Waals surface area contributed by atoms with Crippen LogP contribution in [0.4, 0.5) is 4.39 Å². The van der Waals surface area contributed by atoms with E-state index in [4.69, 9.17) is 9.84 Å². The third-order valence-electron chi connectivity index (χ3n) is 2.32. The Balaban J connectivity index is 2.53. The Morgan fingerprint density at radius 3 is 2.88 bits per heavy atom. The van der Waals surface area contributed by atoms with Gasteiger partial charge in [-0.1, -0.05) is 0 Å². The van der Waals surface area contributed by atoms with E-state index in [0.717, 1.165) is 6.20 Å². The van der Waals surface area contributed by atoms with Crippen molar-refractivity contribution in [2.75, 3.05) is 7.11 Å². The van der Waals surface area contributed by atoms with Crippen molar-refractivity contribution in [1.29, 1.82) is 0 Å². The first-order chi connectivity index (χ1) is 8.13. The van der Waals surface area contributed by atoms with Crippen LogP contribution in [0.1, 0.15) is 10.4 Å². The van der Waals surface area contributed by atoms with Gasteiger partial charge in [0, 0.05) is 11.6 Å². The summed E-state index contributed by atoms with van der Waals surface area (Å²) in [5.74, 6) is -1.37. The predicted octanol–water partition coefficient (Wildman–Crippen LogP) is 1.92. The molecule has 0 fully saturated rings. The molecule has 0 amide bonds. The van der Waals surface area contributed by atoms with Crippen molar-refractivity contribution in [1.82, 2.24) is 10.2 Å². The van der Waals surface area contributed by atoms with Crippen molar-refractivity contribution in [3.8, 4) is 17.0 Å². The minimum absolute atomic E-state index is 0.0749. The fraction of sp³-hybridized carbons (Fsp3) is 0.0909. The normalized spacial score (nSPS) is 10.2. The summed E-state index contributed by atoms with van der Waals surface area (Å²) in [7, 11) is 1.42. The highest BCUT2D eigenvalue weighted by Gasteiger charge is 2.17. The number of hydrogen-bond acceptors (Lipinski definition) is 3. The number of benzene rings is 1. The standard InChI is InChI=1S/C11H9FN2O3/c1-17-6-2-3-7(9(12)4-6)10-8(11(15)16)5-13-14-10/h2-5H,1H3,(H,13,14)(H,15,16). The topological polar surface area (TPSA) is 75.2 Å². The highest BCUT2D eigenvalue weighted by molar-refractivity contribution is 5.94. The van der Waals surface area contributed by atoms with E-state index in [1.54, 1.807) is 6.07 Å². The third-order valence-corrected chi connectivity index (χ3v) is 2.32. The zero-order valence-corrected chi connectivity index (χ0v) is 8.90. The van der Waals surface area contributed by atoms with E-state index in [1.807, 2.05) is 0 Å². The van der Waals surface area contributed by atoms with Crippen molar-refractivity contribution < 1.29 is 19.0 Å². The van der Waals surface area contributed by atoms with E-state index in [9.17, 15) is 9.18 Å². The van der Waals surface area contributed by atoms with Crippen molar-refractivity contribution in [3.63, 3.8) is 0 Å². The second-order valence-corrected chi connectivity index (χ2v) is 3.31. The van der Waals surface area contributed by atoms with Crippen LogP contribution >= 0.6 is 0 Å². The largest absolute Gasteiger partial charge is 0.497 e. The van der Waals surface area contributed by atoms with Crippen LogP contribution in [0.25, 0.3) is 11.3 Å². The van der Waals surface area contributed by atoms with Gasteiger partial charge < -0.3 is 9.84 Å². The van der Waals surface area contributed by atoms with Gasteiger partial charge in [0.05, 0.1) is 19.0 Å². The quantitative estimate of drug-likeness (QED) is 0.853. The Bertz CT molecular complexity index is 566. The van der Waals surface area contributed by atoms with Gasteiger partial charge in [-0.2, -0.15) is 5.10 Å². The zero-order chi connectivity index (χ0) is 12.4. The van der Waals surface area contributed by atoms with Crippen LogP contribution in [0.2, 0.25) is 0 Å². The molecule has 2 aromatic rings. The molecule has 0 atom stereocenters. The van der Waals surface area contributed by atoms with E-state index in [0.29, 0.717) is 5.75 Å². The number of H-pyrrole nitrogens is 1. The Morgan fingerprint density at radius 1 is 1.53 bits per heavy atom. The number of carboxylic acid groups (broad SMARTS) is 1. The van der Waals surface area contributed by atoms with E-state index >= 15 is 0 Å². The number of rotatable bonds is 3. The molecule has 2 N–H and O–H groups in total. The number of aromatic nitrogens is 2. The van der Waals surface area contributed by atoms with E-state index in [2.05, 4.69) is 10.2 Å². The summed E-state index contributed by atoms with van der Waals surface area (Å²) in [6.07, 6.45) is 1.14. The number of aromatic carboxylic acids is 1. The van der Waals surface area contributed by atoms with E-state index in [1.165, 1.54) is 19.2 Å². The number of hydrogen-bond donors (Lipinski definition) is 2. The van der Waals surface area contributed by atoms with E-state index < -0.39 is 11.8 Å². The minimum atomic E-state index is -1.16. The Hall–Kier alpha value is -2.37. The lowest BCUT2D eigenvalue weighted by Crippen LogP contribution is -1.98. The third kappa shape index (κ3) is 1.96. The van der Waals surface area contributed by atoms with Gasteiger partial charge in [0.1, 0.15) is 17.1 Å². The molecule has 1 aromatic carbocycles. The maximum atomic E-state index is 13.7. The zero-order valence-electron chi connectivity index (χ0n) is 8.90. The van der Waals surface area contributed by atoms with Crippen molar-refractivity contribution in [2.24, 2.45) is 0 Å². The van der Waals surface area contributed by atoms with Gasteiger partial charge in [-0.25, -0.2) is 9.18 Å². The van der Waals surface area contributed by atoms with Gasteiger partial charge in [-0.15, -0.1) is 0 Å². The van der Waals surface area contributed by atoms with Gasteiger partial charge in [-0.3, -0.25) is 5.10 Å². The van der Waals surface area contributed by atoms with Gasteiger partial charge in [0.15, 0.2) is 0 Å². The number of nitrogens with zero attached hydrogens (tertiary/aromatic N) is 1. The van der Waals surface area contributed by atoms with E-state index in [-0.39, 0.29) is 16.8 Å². The van der Waals surface area contributed by atoms with Crippen LogP contribution in [0.3, 0.4) is 0 Å². The fourth-order valence-corrected chi connectivity index (χ4v) is 1.48. The molecule has 0 aliphatic heterocycles. The van der Waals surface area contributed by atoms with Crippen molar-refractivity contribution in [2.45, 2.75) is 0 Å². The Morgan fingerprint density at radius 2 is 2.29 bits per heavy atom. The van der Waals surface area contributed by atoms with Gasteiger partial charge in [0.25, 0.3) is 0 Å². The van der Waals surface area contributed by atoms with Crippen molar-refractivity contribution in [3.05, 3.63) is 35.8 Å². The van der Waals surface area contributed by atoms with Crippen LogP contribution < -0.4 is 4.74 Å². The minimum Gasteiger partial charge on any atom is -0.497 e. The second-order valence-electron chi connectivity index (χ2n) is 3.31. The van der Waals surface area contributed by atoms with Gasteiger partial charge in [0.2, 0.25) is 0 Å². The molecule has 0 unspecified atom stereocenters. The maximum Gasteiger partial charge on any atom is 0.339 e. The molecule has 0 aliphatic rings. The van der Waals surface area contributed by atoms with Crippen molar-refractivity contribution >= 4 is 5.97 Å². The number of carbonyl (C=O) groups is 1. The molecular formula is C11H9FN2O3. The first-order valence-corrected chi connectivity index (χ1v) is 4.74. The molecule has 0 bridgehead atoms. The lowest BCUT2D eigenvalue weighted by molar-refractivity contribution is 0.0698. The molecule has 88 valence electrons. The second kappa shape index (κ2) is 4.25. The summed E-state index contributed by atoms with van der Waals surface area (Å²) in [6, 6.07) is 4.17. The summed E-state index contributed by atoms with van der Waals surface area (Å²) in [5.41, 5.74) is 0.201. The molecule has 1 heterocycles. The first kappa shape index (κ1) is 11.1. The molecular weight excluding hydrogens is 227 g/mol. The Kier molecular flexibility index (Phi) is 2.78. The van der Waals surface area contributed by atoms with Crippen LogP contribution in [0.5, 0.6) is 5.75 Å². The summed E-state index contributed by atoms with van der Waals surface area (Å²) < 4.78 is 18.6. The van der Waals surface area contributed by atoms with Crippen LogP contribution in [0.15, 0.2) is 24.4 Å². The van der Waals surface area contributed by atoms with Crippen LogP contribution in [-0.4, -0.2) is 28.4 Å². The predicted molar refractivity (Wildman–Crippen MR) is 57.5 cm³/mol. The summed E-state index contributed by atoms with van der Waals surface area (Å²) in [6.45, 7) is 0. The highest BCUT2D eigenvalue weighted by atomic mass is 19.1. The summed E-state index contributed by atoms with van der Waals surface area (Å²) >= 11 is 0. The van der Waals surface area contributed by atoms with Crippen LogP contribution in [0, 0.1) is 5.82 Å². The highest BCUT2D eigenvalue weighted by Crippen LogP contribution is 2.27. The summed E-state index contributed by atoms with van der Waals surface area (Å²) in [4.78, 5) is 10.9. The molecule has 0 radical (unpaired) electrons. The smallest absolute Gasteiger partial charge is 0.339 e. The van der Waals surface area contributed by atoms with Crippen LogP contribution in [-0.2, 0) is 0 Å². The molecule has 2 rings (SSSR count). The molecule has 0 saturated carbocycles. The number of carboxylic acids is 1. The number of aromatic amines is 1. The lowest BCUT2D eigenvalue weighted by Gasteiger charge is -2.04. The average molecular weight is 236 g/mol. The first-order valence-electron chi connectivity index (χ1n) is 4.74. The maximum absolute atomic E-state index is 13.7. The molecule has 0 aliphatic carbocycles. The number of nitrogens with one attached hydrogen (secondary N) is 1. The SMILES string of the molecule is COc1ccc(-c2[nH]ncc2C(=O)O)c(F)c1. The monoisotopic (exact) mass is 236 g/mol. The molecule has 0 saturated heterocycles. The van der Waals surface area contributed by atoms with Gasteiger partial charge >= 0.3 is 5.97 Å². The number of halogens is 1. The molecule has 6 heteroatoms. The molecule has 0 spiro atoms. The number of ether oxygens (including phenoxy) is 1. The molecule has 1 aromatic heterocycles. The lowest BCUT2D eigenvalue weighted by atomic mass is 10.1. The molecule has 17 heavy (non-hydrogen) atoms. The number of methoxy groups -OCH3 is 1.